The van der Waals surface area contributed by atoms with E-state index < -0.39 is 5.97 Å². The second-order valence-corrected chi connectivity index (χ2v) is 6.68. The van der Waals surface area contributed by atoms with Gasteiger partial charge in [0, 0.05) is 25.0 Å². The Morgan fingerprint density at radius 2 is 2.17 bits per heavy atom. The zero-order valence-corrected chi connectivity index (χ0v) is 15.3. The largest absolute Gasteiger partial charge is 0.477 e. The van der Waals surface area contributed by atoms with E-state index in [0.29, 0.717) is 12.3 Å². The second kappa shape index (κ2) is 7.65. The summed E-state index contributed by atoms with van der Waals surface area (Å²) in [4.78, 5) is 13.5. The minimum absolute atomic E-state index is 0.112. The molecule has 0 spiro atoms. The Kier molecular flexibility index (Phi) is 5.84. The molecule has 0 fully saturated rings. The van der Waals surface area contributed by atoms with E-state index in [1.165, 1.54) is 0 Å². The maximum atomic E-state index is 11.4. The first-order chi connectivity index (χ1) is 10.9. The lowest BCUT2D eigenvalue weighted by molar-refractivity contribution is -0.131. The Bertz CT molecular complexity index is 743. The number of carboxylic acid groups (broad SMARTS) is 1. The summed E-state index contributed by atoms with van der Waals surface area (Å²) in [5.41, 5.74) is 1.78. The topological polar surface area (TPSA) is 79.5 Å². The van der Waals surface area contributed by atoms with Crippen molar-refractivity contribution in [3.05, 3.63) is 39.0 Å². The highest BCUT2D eigenvalue weighted by Crippen LogP contribution is 2.30. The molecule has 122 valence electrons. The number of nitrogens with zero attached hydrogens (tertiary/aromatic N) is 3. The predicted molar refractivity (Wildman–Crippen MR) is 93.6 cm³/mol. The van der Waals surface area contributed by atoms with Gasteiger partial charge in [0.2, 0.25) is 5.89 Å². The van der Waals surface area contributed by atoms with Crippen LogP contribution in [0.25, 0.3) is 6.08 Å². The van der Waals surface area contributed by atoms with Gasteiger partial charge in [-0.1, -0.05) is 13.0 Å². The minimum atomic E-state index is -1.04. The van der Waals surface area contributed by atoms with Gasteiger partial charge in [-0.2, -0.15) is 0 Å². The number of benzene rings is 1. The van der Waals surface area contributed by atoms with Crippen molar-refractivity contribution >= 4 is 45.4 Å². The molecule has 6 nitrogen and oxygen atoms in total. The van der Waals surface area contributed by atoms with Crippen LogP contribution in [0, 0.1) is 0 Å². The summed E-state index contributed by atoms with van der Waals surface area (Å²) in [6.45, 7) is 1.89. The third-order valence-corrected chi connectivity index (χ3v) is 4.40. The van der Waals surface area contributed by atoms with Crippen LogP contribution in [-0.4, -0.2) is 35.4 Å². The Hall–Kier alpha value is -1.80. The highest BCUT2D eigenvalue weighted by Gasteiger charge is 2.15. The highest BCUT2D eigenvalue weighted by atomic mass is 79.9. The van der Waals surface area contributed by atoms with Gasteiger partial charge < -0.3 is 14.4 Å². The van der Waals surface area contributed by atoms with Gasteiger partial charge in [-0.15, -0.1) is 10.2 Å². The lowest BCUT2D eigenvalue weighted by Gasteiger charge is -2.14. The predicted octanol–water partition coefficient (Wildman–Crippen LogP) is 3.68. The Morgan fingerprint density at radius 3 is 2.70 bits per heavy atom. The normalized spacial score (nSPS) is 11.6. The molecule has 1 heterocycles. The van der Waals surface area contributed by atoms with E-state index >= 15 is 0 Å². The highest BCUT2D eigenvalue weighted by molar-refractivity contribution is 9.10. The molecule has 0 bridgehead atoms. The number of aliphatic carboxylic acids is 1. The fourth-order valence-corrected chi connectivity index (χ4v) is 3.22. The smallest absolute Gasteiger partial charge is 0.342 e. The average Bonchev–Trinajstić information content (AvgIpc) is 2.94. The van der Waals surface area contributed by atoms with E-state index in [9.17, 15) is 9.90 Å². The van der Waals surface area contributed by atoms with Gasteiger partial charge in [0.25, 0.3) is 5.22 Å². The molecule has 0 radical (unpaired) electrons. The van der Waals surface area contributed by atoms with Gasteiger partial charge in [0.05, 0.1) is 5.69 Å². The van der Waals surface area contributed by atoms with Crippen molar-refractivity contribution in [2.24, 2.45) is 0 Å². The van der Waals surface area contributed by atoms with Crippen LogP contribution >= 0.6 is 27.7 Å². The van der Waals surface area contributed by atoms with Crippen molar-refractivity contribution in [2.75, 3.05) is 19.0 Å². The lowest BCUT2D eigenvalue weighted by Crippen LogP contribution is -2.09. The van der Waals surface area contributed by atoms with Crippen LogP contribution in [0.15, 0.2) is 37.2 Å². The molecule has 0 saturated heterocycles. The first-order valence-electron chi connectivity index (χ1n) is 6.82. The van der Waals surface area contributed by atoms with E-state index in [1.807, 2.05) is 44.1 Å². The monoisotopic (exact) mass is 397 g/mol. The molecule has 1 aromatic heterocycles. The number of hydrogen-bond acceptors (Lipinski definition) is 6. The molecule has 8 heteroatoms. The fraction of sp³-hybridized carbons (Fsp3) is 0.267. The third kappa shape index (κ3) is 4.59. The molecule has 0 unspecified atom stereocenters. The Morgan fingerprint density at radius 1 is 1.43 bits per heavy atom. The van der Waals surface area contributed by atoms with Gasteiger partial charge >= 0.3 is 5.97 Å². The van der Waals surface area contributed by atoms with Gasteiger partial charge in [0.15, 0.2) is 0 Å². The van der Waals surface area contributed by atoms with Crippen molar-refractivity contribution < 1.29 is 14.3 Å². The summed E-state index contributed by atoms with van der Waals surface area (Å²) < 4.78 is 6.23. The molecular weight excluding hydrogens is 382 g/mol. The first kappa shape index (κ1) is 17.6. The summed E-state index contributed by atoms with van der Waals surface area (Å²) in [6, 6.07) is 5.64. The molecule has 2 aromatic rings. The number of halogens is 1. The summed E-state index contributed by atoms with van der Waals surface area (Å²) in [6.07, 6.45) is 2.19. The molecule has 0 aliphatic carbocycles. The van der Waals surface area contributed by atoms with E-state index in [4.69, 9.17) is 4.42 Å². The molecule has 23 heavy (non-hydrogen) atoms. The number of carboxylic acids is 1. The zero-order chi connectivity index (χ0) is 17.0. The van der Waals surface area contributed by atoms with Crippen LogP contribution in [0.5, 0.6) is 0 Å². The Labute approximate surface area is 146 Å². The molecule has 0 atom stereocenters. The fourth-order valence-electron chi connectivity index (χ4n) is 1.78. The molecule has 2 rings (SSSR count). The Balaban J connectivity index is 2.28. The van der Waals surface area contributed by atoms with Crippen molar-refractivity contribution in [2.45, 2.75) is 18.6 Å². The SMILES string of the molecule is CCc1nnc(S/C(=C\c2ccc(N(C)C)c(Br)c2)C(=O)O)o1. The molecule has 0 amide bonds. The van der Waals surface area contributed by atoms with E-state index in [-0.39, 0.29) is 10.1 Å². The second-order valence-electron chi connectivity index (χ2n) is 4.84. The quantitative estimate of drug-likeness (QED) is 0.587. The number of thioether (sulfide) groups is 1. The molecule has 1 N–H and O–H groups in total. The van der Waals surface area contributed by atoms with Crippen LogP contribution in [-0.2, 0) is 11.2 Å². The maximum Gasteiger partial charge on any atom is 0.342 e. The summed E-state index contributed by atoms with van der Waals surface area (Å²) in [5.74, 6) is -0.561. The molecule has 0 aliphatic heterocycles. The van der Waals surface area contributed by atoms with Gasteiger partial charge in [-0.3, -0.25) is 0 Å². The number of aromatic nitrogens is 2. The van der Waals surface area contributed by atoms with Crippen molar-refractivity contribution in [1.29, 1.82) is 0 Å². The third-order valence-electron chi connectivity index (χ3n) is 2.91. The number of carbonyl (C=O) groups is 1. The number of anilines is 1. The van der Waals surface area contributed by atoms with Crippen LogP contribution < -0.4 is 4.90 Å². The number of rotatable bonds is 6. The number of hydrogen-bond donors (Lipinski definition) is 1. The van der Waals surface area contributed by atoms with Crippen molar-refractivity contribution in [3.63, 3.8) is 0 Å². The summed E-state index contributed by atoms with van der Waals surface area (Å²) >= 11 is 4.43. The van der Waals surface area contributed by atoms with Crippen molar-refractivity contribution in [1.82, 2.24) is 10.2 Å². The lowest BCUT2D eigenvalue weighted by atomic mass is 10.2. The zero-order valence-electron chi connectivity index (χ0n) is 12.9. The van der Waals surface area contributed by atoms with E-state index in [2.05, 4.69) is 26.1 Å². The van der Waals surface area contributed by atoms with Crippen LogP contribution in [0.1, 0.15) is 18.4 Å². The van der Waals surface area contributed by atoms with Gasteiger partial charge in [-0.25, -0.2) is 4.79 Å². The van der Waals surface area contributed by atoms with E-state index in [0.717, 1.165) is 27.5 Å². The first-order valence-corrected chi connectivity index (χ1v) is 8.43. The molecule has 0 saturated carbocycles. The van der Waals surface area contributed by atoms with Crippen LogP contribution in [0.4, 0.5) is 5.69 Å². The van der Waals surface area contributed by atoms with Gasteiger partial charge in [0.1, 0.15) is 4.91 Å². The molecule has 0 aliphatic rings. The molecule has 1 aromatic carbocycles. The minimum Gasteiger partial charge on any atom is -0.477 e. The average molecular weight is 398 g/mol. The maximum absolute atomic E-state index is 11.4. The van der Waals surface area contributed by atoms with Crippen LogP contribution in [0.2, 0.25) is 0 Å². The van der Waals surface area contributed by atoms with E-state index in [1.54, 1.807) is 6.08 Å². The summed E-state index contributed by atoms with van der Waals surface area (Å²) in [7, 11) is 3.88. The summed E-state index contributed by atoms with van der Waals surface area (Å²) in [5, 5.41) is 17.3. The standard InChI is InChI=1S/C15H16BrN3O3S/c1-4-13-17-18-15(22-13)23-12(14(20)21)8-9-5-6-11(19(2)3)10(16)7-9/h5-8H,4H2,1-3H3,(H,20,21)/b12-8-. The van der Waals surface area contributed by atoms with Crippen molar-refractivity contribution in [3.8, 4) is 0 Å². The van der Waals surface area contributed by atoms with Crippen LogP contribution in [0.3, 0.4) is 0 Å². The van der Waals surface area contributed by atoms with Gasteiger partial charge in [-0.05, 0) is 51.5 Å². The molecular formula is C15H16BrN3O3S. The number of aryl methyl sites for hydroxylation is 1.